The van der Waals surface area contributed by atoms with Gasteiger partial charge in [-0.1, -0.05) is 0 Å². The summed E-state index contributed by atoms with van der Waals surface area (Å²) in [6.07, 6.45) is -4.98. The standard InChI is InChI=1S/C9H9F4NO3S/c10-8-2-1-6(5-7(8)9(11,12)13)18(16,17)14-3-4-15/h1-2,5,14-15H,3-4H2. The van der Waals surface area contributed by atoms with Crippen molar-refractivity contribution in [2.24, 2.45) is 0 Å². The third-order valence-electron chi connectivity index (χ3n) is 1.96. The smallest absolute Gasteiger partial charge is 0.395 e. The number of rotatable bonds is 4. The lowest BCUT2D eigenvalue weighted by Crippen LogP contribution is -2.27. The fourth-order valence-electron chi connectivity index (χ4n) is 1.15. The van der Waals surface area contributed by atoms with Gasteiger partial charge in [-0.25, -0.2) is 17.5 Å². The first kappa shape index (κ1) is 14.9. The average molecular weight is 287 g/mol. The van der Waals surface area contributed by atoms with Crippen LogP contribution < -0.4 is 4.72 Å². The van der Waals surface area contributed by atoms with Gasteiger partial charge in [-0.05, 0) is 18.2 Å². The molecule has 0 heterocycles. The quantitative estimate of drug-likeness (QED) is 0.815. The second kappa shape index (κ2) is 5.21. The molecule has 1 aromatic rings. The van der Waals surface area contributed by atoms with Crippen LogP contribution in [0.4, 0.5) is 17.6 Å². The topological polar surface area (TPSA) is 66.4 Å². The summed E-state index contributed by atoms with van der Waals surface area (Å²) in [6, 6.07) is 1.34. The maximum atomic E-state index is 12.9. The minimum atomic E-state index is -4.98. The number of halogens is 4. The largest absolute Gasteiger partial charge is 0.419 e. The summed E-state index contributed by atoms with van der Waals surface area (Å²) < 4.78 is 74.8. The van der Waals surface area contributed by atoms with E-state index in [9.17, 15) is 26.0 Å². The molecule has 4 nitrogen and oxygen atoms in total. The van der Waals surface area contributed by atoms with Crippen molar-refractivity contribution in [3.05, 3.63) is 29.6 Å². The molecule has 0 unspecified atom stereocenters. The summed E-state index contributed by atoms with van der Waals surface area (Å²) in [5.74, 6) is -1.55. The Bertz CT molecular complexity index is 527. The van der Waals surface area contributed by atoms with Crippen molar-refractivity contribution in [3.63, 3.8) is 0 Å². The van der Waals surface area contributed by atoms with E-state index < -0.39 is 39.1 Å². The van der Waals surface area contributed by atoms with Crippen molar-refractivity contribution >= 4 is 10.0 Å². The number of nitrogens with one attached hydrogen (secondary N) is 1. The second-order valence-electron chi connectivity index (χ2n) is 3.26. The van der Waals surface area contributed by atoms with Gasteiger partial charge in [0.25, 0.3) is 0 Å². The molecular weight excluding hydrogens is 278 g/mol. The number of alkyl halides is 3. The first-order valence-corrected chi connectivity index (χ1v) is 6.14. The Hall–Kier alpha value is -1.19. The van der Waals surface area contributed by atoms with E-state index >= 15 is 0 Å². The highest BCUT2D eigenvalue weighted by molar-refractivity contribution is 7.89. The Balaban J connectivity index is 3.21. The van der Waals surface area contributed by atoms with Crippen LogP contribution in [0.2, 0.25) is 0 Å². The highest BCUT2D eigenvalue weighted by Crippen LogP contribution is 2.32. The van der Waals surface area contributed by atoms with E-state index in [-0.39, 0.29) is 12.6 Å². The summed E-state index contributed by atoms with van der Waals surface area (Å²) in [4.78, 5) is -0.718. The van der Waals surface area contributed by atoms with Crippen molar-refractivity contribution in [2.45, 2.75) is 11.1 Å². The summed E-state index contributed by atoms with van der Waals surface area (Å²) in [7, 11) is -4.20. The Morgan fingerprint density at radius 3 is 2.39 bits per heavy atom. The van der Waals surface area contributed by atoms with Crippen LogP contribution in [0.15, 0.2) is 23.1 Å². The molecule has 2 N–H and O–H groups in total. The minimum Gasteiger partial charge on any atom is -0.395 e. The van der Waals surface area contributed by atoms with E-state index in [2.05, 4.69) is 0 Å². The fourth-order valence-corrected chi connectivity index (χ4v) is 2.20. The third-order valence-corrected chi connectivity index (χ3v) is 3.42. The van der Waals surface area contributed by atoms with Crippen LogP contribution >= 0.6 is 0 Å². The lowest BCUT2D eigenvalue weighted by molar-refractivity contribution is -0.140. The molecule has 0 amide bonds. The zero-order valence-electron chi connectivity index (χ0n) is 8.83. The van der Waals surface area contributed by atoms with Crippen LogP contribution in [0.1, 0.15) is 5.56 Å². The maximum Gasteiger partial charge on any atom is 0.419 e. The predicted molar refractivity (Wildman–Crippen MR) is 53.7 cm³/mol. The number of hydrogen-bond acceptors (Lipinski definition) is 3. The molecule has 0 aliphatic rings. The third kappa shape index (κ3) is 3.40. The van der Waals surface area contributed by atoms with Crippen LogP contribution in [0.5, 0.6) is 0 Å². The molecule has 18 heavy (non-hydrogen) atoms. The van der Waals surface area contributed by atoms with E-state index in [1.165, 1.54) is 0 Å². The lowest BCUT2D eigenvalue weighted by Gasteiger charge is -2.10. The van der Waals surface area contributed by atoms with Gasteiger partial charge < -0.3 is 5.11 Å². The predicted octanol–water partition coefficient (Wildman–Crippen LogP) is 1.12. The highest BCUT2D eigenvalue weighted by Gasteiger charge is 2.35. The van der Waals surface area contributed by atoms with Gasteiger partial charge >= 0.3 is 6.18 Å². The Labute approximate surface area is 100 Å². The summed E-state index contributed by atoms with van der Waals surface area (Å²) in [6.45, 7) is -0.854. The molecule has 0 atom stereocenters. The summed E-state index contributed by atoms with van der Waals surface area (Å²) in [5, 5.41) is 8.44. The normalized spacial score (nSPS) is 12.7. The number of benzene rings is 1. The molecule has 0 saturated heterocycles. The van der Waals surface area contributed by atoms with E-state index in [0.29, 0.717) is 12.1 Å². The number of sulfonamides is 1. The van der Waals surface area contributed by atoms with Crippen molar-refractivity contribution in [1.82, 2.24) is 4.72 Å². The zero-order chi connectivity index (χ0) is 14.0. The molecule has 0 saturated carbocycles. The first-order chi connectivity index (χ1) is 8.18. The Morgan fingerprint density at radius 2 is 1.89 bits per heavy atom. The maximum absolute atomic E-state index is 12.9. The molecular formula is C9H9F4NO3S. The number of aliphatic hydroxyl groups excluding tert-OH is 1. The van der Waals surface area contributed by atoms with E-state index in [0.717, 1.165) is 0 Å². The van der Waals surface area contributed by atoms with Gasteiger partial charge in [0.05, 0.1) is 17.1 Å². The zero-order valence-corrected chi connectivity index (χ0v) is 9.65. The molecule has 0 aliphatic carbocycles. The highest BCUT2D eigenvalue weighted by atomic mass is 32.2. The van der Waals surface area contributed by atoms with Gasteiger partial charge in [0.2, 0.25) is 10.0 Å². The Morgan fingerprint density at radius 1 is 1.28 bits per heavy atom. The van der Waals surface area contributed by atoms with E-state index in [1.807, 2.05) is 4.72 Å². The fraction of sp³-hybridized carbons (Fsp3) is 0.333. The molecule has 0 fully saturated rings. The molecule has 1 aromatic carbocycles. The Kier molecular flexibility index (Phi) is 4.30. The van der Waals surface area contributed by atoms with Crippen LogP contribution in [0.25, 0.3) is 0 Å². The van der Waals surface area contributed by atoms with Crippen LogP contribution in [-0.2, 0) is 16.2 Å². The summed E-state index contributed by atoms with van der Waals surface area (Å²) in [5.41, 5.74) is -1.66. The molecule has 0 radical (unpaired) electrons. The monoisotopic (exact) mass is 287 g/mol. The number of hydrogen-bond donors (Lipinski definition) is 2. The van der Waals surface area contributed by atoms with Gasteiger partial charge in [-0.2, -0.15) is 13.2 Å². The second-order valence-corrected chi connectivity index (χ2v) is 5.03. The lowest BCUT2D eigenvalue weighted by atomic mass is 10.2. The van der Waals surface area contributed by atoms with E-state index in [1.54, 1.807) is 0 Å². The van der Waals surface area contributed by atoms with Crippen molar-refractivity contribution in [1.29, 1.82) is 0 Å². The summed E-state index contributed by atoms with van der Waals surface area (Å²) >= 11 is 0. The van der Waals surface area contributed by atoms with Crippen molar-refractivity contribution in [3.8, 4) is 0 Å². The SMILES string of the molecule is O=S(=O)(NCCO)c1ccc(F)c(C(F)(F)F)c1. The molecule has 0 spiro atoms. The minimum absolute atomic E-state index is 0.203. The molecule has 0 bridgehead atoms. The first-order valence-electron chi connectivity index (χ1n) is 4.66. The van der Waals surface area contributed by atoms with Gasteiger partial charge in [0, 0.05) is 6.54 Å². The molecule has 0 aliphatic heterocycles. The molecule has 102 valence electrons. The average Bonchev–Trinajstić information content (AvgIpc) is 2.25. The van der Waals surface area contributed by atoms with Gasteiger partial charge in [-0.15, -0.1) is 0 Å². The number of aliphatic hydroxyl groups is 1. The van der Waals surface area contributed by atoms with Crippen LogP contribution in [0.3, 0.4) is 0 Å². The van der Waals surface area contributed by atoms with Crippen molar-refractivity contribution in [2.75, 3.05) is 13.2 Å². The van der Waals surface area contributed by atoms with Gasteiger partial charge in [-0.3, -0.25) is 0 Å². The van der Waals surface area contributed by atoms with Crippen LogP contribution in [0, 0.1) is 5.82 Å². The molecule has 1 rings (SSSR count). The van der Waals surface area contributed by atoms with Gasteiger partial charge in [0.1, 0.15) is 5.82 Å². The molecule has 0 aromatic heterocycles. The van der Waals surface area contributed by atoms with E-state index in [4.69, 9.17) is 5.11 Å². The van der Waals surface area contributed by atoms with Crippen LogP contribution in [-0.4, -0.2) is 26.7 Å². The van der Waals surface area contributed by atoms with Crippen molar-refractivity contribution < 1.29 is 31.1 Å². The molecule has 9 heteroatoms. The van der Waals surface area contributed by atoms with Gasteiger partial charge in [0.15, 0.2) is 0 Å².